The highest BCUT2D eigenvalue weighted by atomic mass is 16.5. The molecule has 1 N–H and O–H groups in total. The highest BCUT2D eigenvalue weighted by Gasteiger charge is 2.51. The van der Waals surface area contributed by atoms with Crippen LogP contribution in [0.2, 0.25) is 0 Å². The first-order valence-corrected chi connectivity index (χ1v) is 11.3. The van der Waals surface area contributed by atoms with Crippen LogP contribution in [-0.2, 0) is 11.3 Å². The Bertz CT molecular complexity index is 985. The molecule has 6 heteroatoms. The number of hydrogen-bond acceptors (Lipinski definition) is 3. The maximum Gasteiger partial charge on any atom is 0.271 e. The molecule has 3 aliphatic rings. The molecule has 1 aromatic heterocycles. The van der Waals surface area contributed by atoms with Crippen molar-refractivity contribution in [2.24, 2.45) is 0 Å². The molecule has 1 aliphatic heterocycles. The topological polar surface area (TPSA) is 63.6 Å². The summed E-state index contributed by atoms with van der Waals surface area (Å²) in [6, 6.07) is 8.21. The van der Waals surface area contributed by atoms with E-state index >= 15 is 0 Å². The van der Waals surface area contributed by atoms with Crippen molar-refractivity contribution in [2.45, 2.75) is 82.5 Å². The summed E-state index contributed by atoms with van der Waals surface area (Å²) in [4.78, 5) is 29.3. The minimum atomic E-state index is -0.892. The van der Waals surface area contributed by atoms with Crippen LogP contribution in [0.3, 0.4) is 0 Å². The van der Waals surface area contributed by atoms with Crippen LogP contribution in [0, 0.1) is 0 Å². The van der Waals surface area contributed by atoms with E-state index in [1.165, 1.54) is 12.8 Å². The minimum absolute atomic E-state index is 0.00922. The van der Waals surface area contributed by atoms with Gasteiger partial charge in [0.05, 0.1) is 19.2 Å². The van der Waals surface area contributed by atoms with E-state index in [9.17, 15) is 9.59 Å². The quantitative estimate of drug-likeness (QED) is 0.834. The van der Waals surface area contributed by atoms with Crippen molar-refractivity contribution in [3.05, 3.63) is 30.0 Å². The normalized spacial score (nSPS) is 25.1. The second-order valence-electron chi connectivity index (χ2n) is 9.38. The molecule has 1 atom stereocenters. The van der Waals surface area contributed by atoms with E-state index in [2.05, 4.69) is 5.32 Å². The van der Waals surface area contributed by atoms with Crippen molar-refractivity contribution >= 4 is 22.7 Å². The van der Waals surface area contributed by atoms with Gasteiger partial charge in [-0.2, -0.15) is 0 Å². The molecule has 2 aromatic rings. The summed E-state index contributed by atoms with van der Waals surface area (Å²) in [6.07, 6.45) is 8.60. The largest absolute Gasteiger partial charge is 0.497 e. The maximum atomic E-state index is 13.8. The number of fused-ring (bicyclic) bond motifs is 3. The first kappa shape index (κ1) is 19.5. The van der Waals surface area contributed by atoms with E-state index in [0.717, 1.165) is 55.2 Å². The average molecular weight is 410 g/mol. The van der Waals surface area contributed by atoms with Crippen molar-refractivity contribution in [2.75, 3.05) is 7.11 Å². The minimum Gasteiger partial charge on any atom is -0.497 e. The van der Waals surface area contributed by atoms with Crippen LogP contribution in [-0.4, -0.2) is 46.0 Å². The summed E-state index contributed by atoms with van der Waals surface area (Å²) >= 11 is 0. The Labute approximate surface area is 177 Å². The molecule has 2 saturated carbocycles. The molecule has 0 bridgehead atoms. The van der Waals surface area contributed by atoms with Gasteiger partial charge < -0.3 is 19.5 Å². The molecule has 5 rings (SSSR count). The Morgan fingerprint density at radius 1 is 1.10 bits per heavy atom. The fourth-order valence-electron chi connectivity index (χ4n) is 5.76. The lowest BCUT2D eigenvalue weighted by molar-refractivity contribution is -0.135. The summed E-state index contributed by atoms with van der Waals surface area (Å²) < 4.78 is 7.44. The molecule has 0 radical (unpaired) electrons. The Morgan fingerprint density at radius 3 is 2.50 bits per heavy atom. The van der Waals surface area contributed by atoms with Crippen molar-refractivity contribution < 1.29 is 14.3 Å². The predicted molar refractivity (Wildman–Crippen MR) is 116 cm³/mol. The first-order chi connectivity index (χ1) is 14.5. The average Bonchev–Trinajstić information content (AvgIpc) is 3.49. The number of hydrogen-bond donors (Lipinski definition) is 1. The molecule has 1 aromatic carbocycles. The molecule has 0 saturated heterocycles. The van der Waals surface area contributed by atoms with Gasteiger partial charge in [0.15, 0.2) is 0 Å². The summed E-state index contributed by atoms with van der Waals surface area (Å²) in [5.41, 5.74) is 0.733. The van der Waals surface area contributed by atoms with Crippen LogP contribution in [0.1, 0.15) is 68.8 Å². The van der Waals surface area contributed by atoms with Gasteiger partial charge in [-0.25, -0.2) is 0 Å². The molecular weight excluding hydrogens is 378 g/mol. The number of carbonyl (C=O) groups is 2. The number of carbonyl (C=O) groups excluding carboxylic acids is 2. The van der Waals surface area contributed by atoms with Gasteiger partial charge in [-0.1, -0.05) is 25.7 Å². The number of aromatic nitrogens is 1. The van der Waals surface area contributed by atoms with Gasteiger partial charge in [-0.15, -0.1) is 0 Å². The van der Waals surface area contributed by atoms with Crippen LogP contribution >= 0.6 is 0 Å². The van der Waals surface area contributed by atoms with Gasteiger partial charge in [0, 0.05) is 23.5 Å². The monoisotopic (exact) mass is 409 g/mol. The molecule has 2 aliphatic carbocycles. The second-order valence-corrected chi connectivity index (χ2v) is 9.38. The lowest BCUT2D eigenvalue weighted by atomic mass is 9.91. The van der Waals surface area contributed by atoms with E-state index in [1.807, 2.05) is 40.7 Å². The van der Waals surface area contributed by atoms with Crippen LogP contribution < -0.4 is 10.1 Å². The van der Waals surface area contributed by atoms with Gasteiger partial charge in [-0.3, -0.25) is 9.59 Å². The summed E-state index contributed by atoms with van der Waals surface area (Å²) in [5, 5.41) is 4.29. The number of benzene rings is 1. The van der Waals surface area contributed by atoms with E-state index < -0.39 is 5.54 Å². The highest BCUT2D eigenvalue weighted by Crippen LogP contribution is 2.38. The molecule has 0 spiro atoms. The van der Waals surface area contributed by atoms with E-state index in [1.54, 1.807) is 7.11 Å². The Balaban J connectivity index is 1.59. The van der Waals surface area contributed by atoms with Crippen LogP contribution in [0.4, 0.5) is 0 Å². The number of rotatable bonds is 4. The van der Waals surface area contributed by atoms with Gasteiger partial charge in [-0.05, 0) is 50.8 Å². The first-order valence-electron chi connectivity index (χ1n) is 11.3. The molecule has 160 valence electrons. The third-order valence-electron chi connectivity index (χ3n) is 7.42. The van der Waals surface area contributed by atoms with Crippen LogP contribution in [0.15, 0.2) is 24.3 Å². The Kier molecular flexibility index (Phi) is 4.75. The molecule has 30 heavy (non-hydrogen) atoms. The Hall–Kier alpha value is -2.50. The van der Waals surface area contributed by atoms with E-state index in [4.69, 9.17) is 4.74 Å². The molecule has 2 fully saturated rings. The number of nitrogens with one attached hydrogen (secondary N) is 1. The van der Waals surface area contributed by atoms with Crippen molar-refractivity contribution in [1.82, 2.24) is 14.8 Å². The smallest absolute Gasteiger partial charge is 0.271 e. The molecule has 2 heterocycles. The number of ether oxygens (including phenoxy) is 1. The second kappa shape index (κ2) is 7.33. The maximum absolute atomic E-state index is 13.8. The summed E-state index contributed by atoms with van der Waals surface area (Å²) in [5.74, 6) is 0.726. The van der Waals surface area contributed by atoms with Gasteiger partial charge in [0.25, 0.3) is 5.91 Å². The van der Waals surface area contributed by atoms with Crippen LogP contribution in [0.25, 0.3) is 10.9 Å². The van der Waals surface area contributed by atoms with Gasteiger partial charge in [0.2, 0.25) is 5.91 Å². The van der Waals surface area contributed by atoms with E-state index in [0.29, 0.717) is 12.2 Å². The lowest BCUT2D eigenvalue weighted by Crippen LogP contribution is -2.67. The van der Waals surface area contributed by atoms with E-state index in [-0.39, 0.29) is 23.9 Å². The zero-order chi connectivity index (χ0) is 20.9. The van der Waals surface area contributed by atoms with Gasteiger partial charge >= 0.3 is 0 Å². The number of nitrogens with zero attached hydrogens (tertiary/aromatic N) is 2. The van der Waals surface area contributed by atoms with Crippen molar-refractivity contribution in [3.63, 3.8) is 0 Å². The zero-order valence-corrected chi connectivity index (χ0v) is 17.9. The Morgan fingerprint density at radius 2 is 1.80 bits per heavy atom. The SMILES string of the molecule is COc1ccc2cc3n(c2c1)CC(C)(C(=O)NC1CCCC1)N(C1CCCC1)C3=O. The fraction of sp³-hybridized carbons (Fsp3) is 0.583. The van der Waals surface area contributed by atoms with Crippen molar-refractivity contribution in [3.8, 4) is 5.75 Å². The third kappa shape index (κ3) is 2.99. The lowest BCUT2D eigenvalue weighted by Gasteiger charge is -2.47. The number of amides is 2. The van der Waals surface area contributed by atoms with Gasteiger partial charge in [0.1, 0.15) is 17.0 Å². The summed E-state index contributed by atoms with van der Waals surface area (Å²) in [7, 11) is 1.65. The number of methoxy groups -OCH3 is 1. The van der Waals surface area contributed by atoms with Crippen LogP contribution in [0.5, 0.6) is 5.75 Å². The molecule has 2 amide bonds. The molecular formula is C24H31N3O3. The molecule has 1 unspecified atom stereocenters. The zero-order valence-electron chi connectivity index (χ0n) is 17.9. The predicted octanol–water partition coefficient (Wildman–Crippen LogP) is 3.87. The fourth-order valence-corrected chi connectivity index (χ4v) is 5.76. The standard InChI is InChI=1S/C24H31N3O3/c1-24(23(29)25-17-7-3-4-8-17)15-26-20-14-19(30-2)12-11-16(20)13-21(26)22(28)27(24)18-9-5-6-10-18/h11-14,17-18H,3-10,15H2,1-2H3,(H,25,29). The molecule has 6 nitrogen and oxygen atoms in total. The highest BCUT2D eigenvalue weighted by molar-refractivity contribution is 6.04. The van der Waals surface area contributed by atoms with Crippen molar-refractivity contribution in [1.29, 1.82) is 0 Å². The summed E-state index contributed by atoms with van der Waals surface area (Å²) in [6.45, 7) is 2.43. The third-order valence-corrected chi connectivity index (χ3v) is 7.42.